The first-order chi connectivity index (χ1) is 10.1. The third kappa shape index (κ3) is 2.66. The third-order valence-corrected chi connectivity index (χ3v) is 3.47. The monoisotopic (exact) mass is 302 g/mol. The number of hydrogen-bond acceptors (Lipinski definition) is 4. The van der Waals surface area contributed by atoms with Crippen LogP contribution in [-0.2, 0) is 6.54 Å². The van der Waals surface area contributed by atoms with Crippen molar-refractivity contribution >= 4 is 28.5 Å². The van der Waals surface area contributed by atoms with E-state index in [1.807, 2.05) is 24.4 Å². The molecule has 0 saturated carbocycles. The van der Waals surface area contributed by atoms with Crippen LogP contribution in [0.2, 0.25) is 5.02 Å². The van der Waals surface area contributed by atoms with Crippen molar-refractivity contribution in [1.29, 1.82) is 0 Å². The molecule has 21 heavy (non-hydrogen) atoms. The Morgan fingerprint density at radius 1 is 1.33 bits per heavy atom. The van der Waals surface area contributed by atoms with Crippen LogP contribution in [0.15, 0.2) is 48.8 Å². The second kappa shape index (κ2) is 5.41. The van der Waals surface area contributed by atoms with Gasteiger partial charge >= 0.3 is 0 Å². The normalized spacial score (nSPS) is 10.7. The minimum Gasteiger partial charge on any atom is -0.379 e. The molecule has 0 radical (unpaired) electrons. The Morgan fingerprint density at radius 3 is 3.00 bits per heavy atom. The number of halogens is 1. The van der Waals surface area contributed by atoms with Gasteiger partial charge in [0.15, 0.2) is 0 Å². The van der Waals surface area contributed by atoms with E-state index in [0.717, 1.165) is 11.1 Å². The van der Waals surface area contributed by atoms with Crippen LogP contribution < -0.4 is 5.32 Å². The number of aromatic nitrogens is 2. The van der Waals surface area contributed by atoms with E-state index in [1.165, 1.54) is 18.2 Å². The molecule has 2 aromatic heterocycles. The molecule has 0 saturated heterocycles. The zero-order valence-electron chi connectivity index (χ0n) is 10.9. The van der Waals surface area contributed by atoms with Crippen LogP contribution in [0.1, 0.15) is 5.56 Å². The molecule has 2 heterocycles. The van der Waals surface area contributed by atoms with Gasteiger partial charge in [-0.2, -0.15) is 5.10 Å². The van der Waals surface area contributed by atoms with Gasteiger partial charge in [-0.05, 0) is 18.2 Å². The SMILES string of the molecule is O=[N+]([O-])c1ccc(Cl)c(NCc2cnn3ccccc23)c1. The highest BCUT2D eigenvalue weighted by Crippen LogP contribution is 2.27. The second-order valence-electron chi connectivity index (χ2n) is 4.48. The van der Waals surface area contributed by atoms with Gasteiger partial charge in [0.25, 0.3) is 5.69 Å². The van der Waals surface area contributed by atoms with E-state index < -0.39 is 4.92 Å². The molecule has 0 unspecified atom stereocenters. The van der Waals surface area contributed by atoms with Gasteiger partial charge in [-0.3, -0.25) is 10.1 Å². The van der Waals surface area contributed by atoms with Crippen molar-refractivity contribution in [3.63, 3.8) is 0 Å². The molecule has 3 aromatic rings. The van der Waals surface area contributed by atoms with Crippen molar-refractivity contribution < 1.29 is 4.92 Å². The fourth-order valence-corrected chi connectivity index (χ4v) is 2.26. The molecule has 3 rings (SSSR count). The first-order valence-electron chi connectivity index (χ1n) is 6.24. The number of anilines is 1. The highest BCUT2D eigenvalue weighted by molar-refractivity contribution is 6.33. The number of nitrogens with one attached hydrogen (secondary N) is 1. The lowest BCUT2D eigenvalue weighted by molar-refractivity contribution is -0.384. The number of benzene rings is 1. The second-order valence-corrected chi connectivity index (χ2v) is 4.88. The lowest BCUT2D eigenvalue weighted by Crippen LogP contribution is -2.00. The van der Waals surface area contributed by atoms with Crippen LogP contribution in [0.4, 0.5) is 11.4 Å². The molecule has 0 aliphatic carbocycles. The van der Waals surface area contributed by atoms with Crippen molar-refractivity contribution in [1.82, 2.24) is 9.61 Å². The van der Waals surface area contributed by atoms with Crippen molar-refractivity contribution in [3.05, 3.63) is 69.5 Å². The van der Waals surface area contributed by atoms with E-state index in [9.17, 15) is 10.1 Å². The van der Waals surface area contributed by atoms with Crippen LogP contribution in [0.5, 0.6) is 0 Å². The number of pyridine rings is 1. The van der Waals surface area contributed by atoms with Gasteiger partial charge in [0.2, 0.25) is 0 Å². The number of nitrogens with zero attached hydrogens (tertiary/aromatic N) is 3. The van der Waals surface area contributed by atoms with Crippen LogP contribution in [-0.4, -0.2) is 14.5 Å². The maximum atomic E-state index is 10.8. The van der Waals surface area contributed by atoms with E-state index in [4.69, 9.17) is 11.6 Å². The van der Waals surface area contributed by atoms with Crippen LogP contribution >= 0.6 is 11.6 Å². The fourth-order valence-electron chi connectivity index (χ4n) is 2.08. The summed E-state index contributed by atoms with van der Waals surface area (Å²) < 4.78 is 1.77. The summed E-state index contributed by atoms with van der Waals surface area (Å²) in [7, 11) is 0. The van der Waals surface area contributed by atoms with Crippen LogP contribution in [0.3, 0.4) is 0 Å². The largest absolute Gasteiger partial charge is 0.379 e. The molecule has 6 nitrogen and oxygen atoms in total. The van der Waals surface area contributed by atoms with Crippen molar-refractivity contribution in [3.8, 4) is 0 Å². The van der Waals surface area contributed by atoms with Gasteiger partial charge in [0, 0.05) is 30.4 Å². The minimum atomic E-state index is -0.448. The number of fused-ring (bicyclic) bond motifs is 1. The van der Waals surface area contributed by atoms with Gasteiger partial charge < -0.3 is 5.32 Å². The van der Waals surface area contributed by atoms with E-state index >= 15 is 0 Å². The quantitative estimate of drug-likeness (QED) is 0.591. The zero-order valence-corrected chi connectivity index (χ0v) is 11.6. The van der Waals surface area contributed by atoms with Crippen molar-refractivity contribution in [2.75, 3.05) is 5.32 Å². The van der Waals surface area contributed by atoms with E-state index in [-0.39, 0.29) is 5.69 Å². The van der Waals surface area contributed by atoms with Gasteiger partial charge in [0.05, 0.1) is 27.3 Å². The Labute approximate surface area is 125 Å². The summed E-state index contributed by atoms with van der Waals surface area (Å²) in [5.41, 5.74) is 2.49. The third-order valence-electron chi connectivity index (χ3n) is 3.14. The Morgan fingerprint density at radius 2 is 2.19 bits per heavy atom. The molecule has 7 heteroatoms. The Hall–Kier alpha value is -2.60. The first-order valence-corrected chi connectivity index (χ1v) is 6.62. The number of non-ortho nitro benzene ring substituents is 1. The summed E-state index contributed by atoms with van der Waals surface area (Å²) in [6.45, 7) is 0.481. The molecule has 0 bridgehead atoms. The van der Waals surface area contributed by atoms with E-state index in [2.05, 4.69) is 10.4 Å². The summed E-state index contributed by atoms with van der Waals surface area (Å²) in [6, 6.07) is 10.1. The van der Waals surface area contributed by atoms with Crippen LogP contribution in [0, 0.1) is 10.1 Å². The average Bonchev–Trinajstić information content (AvgIpc) is 2.89. The molecule has 106 valence electrons. The van der Waals surface area contributed by atoms with E-state index in [1.54, 1.807) is 10.7 Å². The maximum Gasteiger partial charge on any atom is 0.271 e. The molecule has 0 spiro atoms. The van der Waals surface area contributed by atoms with Gasteiger partial charge in [-0.25, -0.2) is 4.52 Å². The number of rotatable bonds is 4. The molecular weight excluding hydrogens is 292 g/mol. The molecule has 1 aromatic carbocycles. The first kappa shape index (κ1) is 13.4. The standard InChI is InChI=1S/C14H11ClN4O2/c15-12-5-4-11(19(20)21)7-13(12)16-8-10-9-17-18-6-2-1-3-14(10)18/h1-7,9,16H,8H2. The fraction of sp³-hybridized carbons (Fsp3) is 0.0714. The molecule has 0 aliphatic rings. The Bertz CT molecular complexity index is 816. The number of nitro groups is 1. The predicted octanol–water partition coefficient (Wildman–Crippen LogP) is 3.51. The summed E-state index contributed by atoms with van der Waals surface area (Å²) >= 11 is 6.05. The topological polar surface area (TPSA) is 72.5 Å². The molecular formula is C14H11ClN4O2. The minimum absolute atomic E-state index is 0.00163. The van der Waals surface area contributed by atoms with Gasteiger partial charge in [-0.15, -0.1) is 0 Å². The van der Waals surface area contributed by atoms with Gasteiger partial charge in [0.1, 0.15) is 0 Å². The Kier molecular flexibility index (Phi) is 3.45. The number of nitro benzene ring substituents is 1. The molecule has 0 atom stereocenters. The highest BCUT2D eigenvalue weighted by atomic mass is 35.5. The number of hydrogen-bond donors (Lipinski definition) is 1. The van der Waals surface area contributed by atoms with Crippen LogP contribution in [0.25, 0.3) is 5.52 Å². The van der Waals surface area contributed by atoms with E-state index in [0.29, 0.717) is 17.3 Å². The Balaban J connectivity index is 1.84. The lowest BCUT2D eigenvalue weighted by Gasteiger charge is -2.07. The van der Waals surface area contributed by atoms with Crippen molar-refractivity contribution in [2.45, 2.75) is 6.54 Å². The van der Waals surface area contributed by atoms with Gasteiger partial charge in [-0.1, -0.05) is 17.7 Å². The molecule has 0 amide bonds. The molecule has 0 fully saturated rings. The summed E-state index contributed by atoms with van der Waals surface area (Å²) in [5, 5.41) is 18.6. The summed E-state index contributed by atoms with van der Waals surface area (Å²) in [5.74, 6) is 0. The zero-order chi connectivity index (χ0) is 14.8. The summed E-state index contributed by atoms with van der Waals surface area (Å²) in [4.78, 5) is 10.3. The van der Waals surface area contributed by atoms with Crippen molar-refractivity contribution in [2.24, 2.45) is 0 Å². The predicted molar refractivity (Wildman–Crippen MR) is 80.6 cm³/mol. The summed E-state index contributed by atoms with van der Waals surface area (Å²) in [6.07, 6.45) is 3.62. The molecule has 1 N–H and O–H groups in total. The highest BCUT2D eigenvalue weighted by Gasteiger charge is 2.10. The lowest BCUT2D eigenvalue weighted by atomic mass is 10.2. The smallest absolute Gasteiger partial charge is 0.271 e. The maximum absolute atomic E-state index is 10.8. The average molecular weight is 303 g/mol. The molecule has 0 aliphatic heterocycles.